The van der Waals surface area contributed by atoms with Gasteiger partial charge in [-0.3, -0.25) is 14.3 Å². The molecule has 9 heteroatoms. The molecule has 8 nitrogen and oxygen atoms in total. The first kappa shape index (κ1) is 37.8. The van der Waals surface area contributed by atoms with Crippen LogP contribution in [0.4, 0.5) is 0 Å². The number of unbranched alkanes of at least 4 members (excludes halogenated alkanes) is 12. The highest BCUT2D eigenvalue weighted by Gasteiger charge is 2.20. The van der Waals surface area contributed by atoms with Gasteiger partial charge in [0.05, 0.1) is 19.0 Å². The fourth-order valence-electron chi connectivity index (χ4n) is 5.53. The maximum Gasteiger partial charge on any atom is 0.325 e. The fraction of sp³-hybridized carbons (Fsp3) is 0.657. The van der Waals surface area contributed by atoms with Crippen LogP contribution in [-0.2, 0) is 22.4 Å². The van der Waals surface area contributed by atoms with E-state index < -0.39 is 7.60 Å². The Labute approximate surface area is 265 Å². The number of amides is 1. The second kappa shape index (κ2) is 21.3. The van der Waals surface area contributed by atoms with Crippen LogP contribution in [-0.4, -0.2) is 40.0 Å². The summed E-state index contributed by atoms with van der Waals surface area (Å²) in [5.74, 6) is 1.44. The van der Waals surface area contributed by atoms with Crippen molar-refractivity contribution in [1.82, 2.24) is 10.3 Å². The third-order valence-corrected chi connectivity index (χ3v) is 9.01. The zero-order chi connectivity index (χ0) is 32.2. The van der Waals surface area contributed by atoms with E-state index in [-0.39, 0.29) is 24.5 Å². The minimum absolute atomic E-state index is 0.0554. The molecule has 0 bridgehead atoms. The molecule has 0 aliphatic rings. The number of aryl methyl sites for hydroxylation is 1. The van der Waals surface area contributed by atoms with Crippen molar-refractivity contribution < 1.29 is 28.6 Å². The summed E-state index contributed by atoms with van der Waals surface area (Å²) in [6, 6.07) is 7.23. The van der Waals surface area contributed by atoms with Crippen LogP contribution >= 0.6 is 7.60 Å². The van der Waals surface area contributed by atoms with Gasteiger partial charge < -0.3 is 24.6 Å². The molecule has 2 aromatic rings. The molecule has 0 spiro atoms. The summed E-state index contributed by atoms with van der Waals surface area (Å²) in [6.07, 6.45) is 18.9. The Morgan fingerprint density at radius 1 is 0.909 bits per heavy atom. The number of nitrogens with zero attached hydrogens (tertiary/aromatic N) is 1. The first-order chi connectivity index (χ1) is 21.1. The number of hydrogen-bond acceptors (Lipinski definition) is 5. The predicted octanol–water partition coefficient (Wildman–Crippen LogP) is 8.36. The molecule has 1 heterocycles. The quantitative estimate of drug-likeness (QED) is 0.0786. The van der Waals surface area contributed by atoms with E-state index >= 15 is 0 Å². The number of carbonyl (C=O) groups excluding carboxylic acids is 1. The summed E-state index contributed by atoms with van der Waals surface area (Å²) in [7, 11) is -2.52. The Morgan fingerprint density at radius 3 is 2.02 bits per heavy atom. The van der Waals surface area contributed by atoms with Crippen molar-refractivity contribution in [3.05, 3.63) is 52.8 Å². The number of nitrogens with one attached hydrogen (secondary N) is 1. The summed E-state index contributed by atoms with van der Waals surface area (Å²) >= 11 is 0. The minimum Gasteiger partial charge on any atom is -0.496 e. The van der Waals surface area contributed by atoms with Crippen molar-refractivity contribution in [2.45, 2.75) is 136 Å². The van der Waals surface area contributed by atoms with E-state index in [0.717, 1.165) is 47.4 Å². The van der Waals surface area contributed by atoms with Crippen LogP contribution in [0.3, 0.4) is 0 Å². The second-order valence-electron chi connectivity index (χ2n) is 12.1. The highest BCUT2D eigenvalue weighted by atomic mass is 31.2. The molecular formula is C35H57N2O6P. The molecule has 3 N–H and O–H groups in total. The first-order valence-corrected chi connectivity index (χ1v) is 18.5. The predicted molar refractivity (Wildman–Crippen MR) is 179 cm³/mol. The Hall–Kier alpha value is -2.41. The third-order valence-electron chi connectivity index (χ3n) is 8.17. The summed E-state index contributed by atoms with van der Waals surface area (Å²) in [6.45, 7) is 6.48. The van der Waals surface area contributed by atoms with E-state index in [0.29, 0.717) is 25.2 Å². The molecule has 0 fully saturated rings. The number of carbonyl (C=O) groups is 1. The van der Waals surface area contributed by atoms with Gasteiger partial charge in [-0.1, -0.05) is 96.1 Å². The second-order valence-corrected chi connectivity index (χ2v) is 13.9. The molecular weight excluding hydrogens is 575 g/mol. The van der Waals surface area contributed by atoms with Gasteiger partial charge in [0, 0.05) is 29.8 Å². The number of rotatable bonds is 24. The maximum atomic E-state index is 12.7. The monoisotopic (exact) mass is 632 g/mol. The third kappa shape index (κ3) is 16.1. The van der Waals surface area contributed by atoms with Gasteiger partial charge in [-0.15, -0.1) is 0 Å². The Kier molecular flexibility index (Phi) is 18.3. The summed E-state index contributed by atoms with van der Waals surface area (Å²) in [4.78, 5) is 36.0. The topological polar surface area (TPSA) is 118 Å². The molecule has 248 valence electrons. The van der Waals surface area contributed by atoms with Crippen molar-refractivity contribution in [2.75, 3.05) is 13.3 Å². The van der Waals surface area contributed by atoms with Crippen LogP contribution in [0.2, 0.25) is 0 Å². The van der Waals surface area contributed by atoms with Gasteiger partial charge in [0.25, 0.3) is 0 Å². The molecule has 0 unspecified atom stereocenters. The molecule has 1 amide bonds. The molecule has 0 saturated carbocycles. The zero-order valence-corrected chi connectivity index (χ0v) is 28.5. The minimum atomic E-state index is -4.16. The SMILES string of the molecule is CCCCCCCCCCCCCCCC(=O)N[C@@H](CCP(=O)(O)O)Cc1ccc(OCc2ncc(C)c(OC)c2C)cc1. The number of hydrogen-bond donors (Lipinski definition) is 3. The lowest BCUT2D eigenvalue weighted by atomic mass is 10.0. The van der Waals surface area contributed by atoms with Gasteiger partial charge in [0.2, 0.25) is 5.91 Å². The smallest absolute Gasteiger partial charge is 0.325 e. The lowest BCUT2D eigenvalue weighted by Crippen LogP contribution is -2.37. The van der Waals surface area contributed by atoms with E-state index in [1.165, 1.54) is 64.2 Å². The number of methoxy groups -OCH3 is 1. The van der Waals surface area contributed by atoms with E-state index in [4.69, 9.17) is 9.47 Å². The van der Waals surface area contributed by atoms with E-state index in [2.05, 4.69) is 17.2 Å². The molecule has 44 heavy (non-hydrogen) atoms. The van der Waals surface area contributed by atoms with Crippen molar-refractivity contribution >= 4 is 13.5 Å². The van der Waals surface area contributed by atoms with Crippen LogP contribution in [0.1, 0.15) is 126 Å². The molecule has 2 rings (SSSR count). The number of aromatic nitrogens is 1. The highest BCUT2D eigenvalue weighted by molar-refractivity contribution is 7.51. The van der Waals surface area contributed by atoms with E-state index in [1.54, 1.807) is 13.3 Å². The maximum absolute atomic E-state index is 12.7. The highest BCUT2D eigenvalue weighted by Crippen LogP contribution is 2.35. The number of ether oxygens (including phenoxy) is 2. The average molecular weight is 633 g/mol. The van der Waals surface area contributed by atoms with Gasteiger partial charge in [0.15, 0.2) is 0 Å². The Morgan fingerprint density at radius 2 is 1.48 bits per heavy atom. The molecule has 1 aromatic carbocycles. The van der Waals surface area contributed by atoms with Gasteiger partial charge in [-0.25, -0.2) is 0 Å². The lowest BCUT2D eigenvalue weighted by Gasteiger charge is -2.20. The summed E-state index contributed by atoms with van der Waals surface area (Å²) in [5, 5.41) is 3.03. The molecule has 0 saturated heterocycles. The van der Waals surface area contributed by atoms with Crippen molar-refractivity contribution in [2.24, 2.45) is 0 Å². The fourth-order valence-corrected chi connectivity index (χ4v) is 6.18. The molecule has 0 aliphatic carbocycles. The Balaban J connectivity index is 1.74. The van der Waals surface area contributed by atoms with Crippen LogP contribution in [0, 0.1) is 13.8 Å². The number of benzene rings is 1. The van der Waals surface area contributed by atoms with Gasteiger partial charge >= 0.3 is 7.60 Å². The molecule has 1 aromatic heterocycles. The van der Waals surface area contributed by atoms with Gasteiger partial charge in [-0.2, -0.15) is 0 Å². The summed E-state index contributed by atoms with van der Waals surface area (Å²) < 4.78 is 23.0. The van der Waals surface area contributed by atoms with Crippen LogP contribution in [0.15, 0.2) is 30.5 Å². The van der Waals surface area contributed by atoms with Crippen molar-refractivity contribution in [1.29, 1.82) is 0 Å². The van der Waals surface area contributed by atoms with E-state index in [1.807, 2.05) is 38.1 Å². The largest absolute Gasteiger partial charge is 0.496 e. The summed E-state index contributed by atoms with van der Waals surface area (Å²) in [5.41, 5.74) is 3.69. The zero-order valence-electron chi connectivity index (χ0n) is 27.6. The number of pyridine rings is 1. The van der Waals surface area contributed by atoms with Gasteiger partial charge in [-0.05, 0) is 50.8 Å². The molecule has 0 radical (unpaired) electrons. The average Bonchev–Trinajstić information content (AvgIpc) is 2.98. The first-order valence-electron chi connectivity index (χ1n) is 16.7. The lowest BCUT2D eigenvalue weighted by molar-refractivity contribution is -0.121. The van der Waals surface area contributed by atoms with E-state index in [9.17, 15) is 19.1 Å². The van der Waals surface area contributed by atoms with Crippen LogP contribution in [0.5, 0.6) is 11.5 Å². The normalized spacial score (nSPS) is 12.2. The van der Waals surface area contributed by atoms with Crippen molar-refractivity contribution in [3.8, 4) is 11.5 Å². The molecule has 1 atom stereocenters. The van der Waals surface area contributed by atoms with Crippen LogP contribution < -0.4 is 14.8 Å². The Bertz CT molecular complexity index is 1130. The van der Waals surface area contributed by atoms with Crippen molar-refractivity contribution in [3.63, 3.8) is 0 Å². The van der Waals surface area contributed by atoms with Crippen LogP contribution in [0.25, 0.3) is 0 Å². The molecule has 0 aliphatic heterocycles. The van der Waals surface area contributed by atoms with Gasteiger partial charge in [0.1, 0.15) is 18.1 Å². The standard InChI is InChI=1S/C35H57N2O6P/c1-5-6-7-8-9-10-11-12-13-14-15-16-17-18-34(38)37-31(23-24-44(39,40)41)25-30-19-21-32(22-20-30)43-27-33-29(3)35(42-4)28(2)26-36-33/h19-22,26,31H,5-18,23-25,27H2,1-4H3,(H,37,38)(H2,39,40,41)/t31-/m0/s1.